The third kappa shape index (κ3) is 10.3. The Morgan fingerprint density at radius 1 is 1.43 bits per heavy atom. The quantitative estimate of drug-likeness (QED) is 0.432. The molecular formula is C21H34FN5O. The summed E-state index contributed by atoms with van der Waals surface area (Å²) in [6, 6.07) is 0.342. The summed E-state index contributed by atoms with van der Waals surface area (Å²) in [6.07, 6.45) is 15.6. The molecule has 2 aliphatic rings. The van der Waals surface area contributed by atoms with Gasteiger partial charge in [0.1, 0.15) is 11.7 Å². The Kier molecular flexibility index (Phi) is 12.7. The van der Waals surface area contributed by atoms with E-state index in [1.807, 2.05) is 6.08 Å². The monoisotopic (exact) mass is 391 g/mol. The molecule has 0 spiro atoms. The molecule has 2 rings (SSSR count). The number of aliphatic imine (C=N–C) groups is 2. The van der Waals surface area contributed by atoms with E-state index in [-0.39, 0.29) is 12.5 Å². The highest BCUT2D eigenvalue weighted by molar-refractivity contribution is 6.16. The number of methoxy groups -OCH3 is 1. The fourth-order valence-electron chi connectivity index (χ4n) is 2.96. The molecule has 0 aliphatic heterocycles. The van der Waals surface area contributed by atoms with Crippen molar-refractivity contribution in [3.8, 4) is 0 Å². The van der Waals surface area contributed by atoms with Gasteiger partial charge in [-0.25, -0.2) is 4.39 Å². The molecule has 0 bridgehead atoms. The fourth-order valence-corrected chi connectivity index (χ4v) is 2.96. The molecule has 0 heterocycles. The molecule has 1 atom stereocenters. The Balaban J connectivity index is 0.000000307. The molecule has 0 aromatic heterocycles. The maximum atomic E-state index is 12.4. The molecule has 28 heavy (non-hydrogen) atoms. The van der Waals surface area contributed by atoms with Gasteiger partial charge in [0.2, 0.25) is 0 Å². The fraction of sp³-hybridized carbons (Fsp3) is 0.571. The number of hydrogen-bond donors (Lipinski definition) is 3. The summed E-state index contributed by atoms with van der Waals surface area (Å²) >= 11 is 0. The van der Waals surface area contributed by atoms with Crippen LogP contribution in [0.25, 0.3) is 0 Å². The summed E-state index contributed by atoms with van der Waals surface area (Å²) in [5, 5.41) is 10.2. The highest BCUT2D eigenvalue weighted by atomic mass is 19.1. The lowest BCUT2D eigenvalue weighted by molar-refractivity contribution is 0.184. The zero-order valence-corrected chi connectivity index (χ0v) is 16.9. The molecule has 156 valence electrons. The van der Waals surface area contributed by atoms with Crippen LogP contribution in [0.2, 0.25) is 0 Å². The van der Waals surface area contributed by atoms with Gasteiger partial charge in [-0.3, -0.25) is 9.98 Å². The zero-order valence-electron chi connectivity index (χ0n) is 16.9. The van der Waals surface area contributed by atoms with Crippen LogP contribution in [-0.2, 0) is 4.74 Å². The van der Waals surface area contributed by atoms with Gasteiger partial charge in [0.15, 0.2) is 0 Å². The number of hydrogen-bond acceptors (Lipinski definition) is 5. The van der Waals surface area contributed by atoms with Crippen molar-refractivity contribution in [1.82, 2.24) is 5.32 Å². The maximum absolute atomic E-state index is 12.4. The Morgan fingerprint density at radius 3 is 2.75 bits per heavy atom. The maximum Gasteiger partial charge on any atom is 0.134 e. The zero-order chi connectivity index (χ0) is 20.6. The van der Waals surface area contributed by atoms with Gasteiger partial charge >= 0.3 is 0 Å². The molecule has 1 saturated carbocycles. The van der Waals surface area contributed by atoms with Crippen molar-refractivity contribution in [2.75, 3.05) is 20.4 Å². The molecule has 6 nitrogen and oxygen atoms in total. The minimum Gasteiger partial charge on any atom is -0.385 e. The summed E-state index contributed by atoms with van der Waals surface area (Å²) in [5.74, 6) is 0.984. The third-order valence-electron chi connectivity index (χ3n) is 4.60. The van der Waals surface area contributed by atoms with Crippen LogP contribution in [0.4, 0.5) is 4.39 Å². The Labute approximate surface area is 168 Å². The second-order valence-corrected chi connectivity index (χ2v) is 6.80. The molecule has 7 heteroatoms. The first kappa shape index (κ1) is 23.9. The van der Waals surface area contributed by atoms with E-state index in [4.69, 9.17) is 15.9 Å². The van der Waals surface area contributed by atoms with Crippen molar-refractivity contribution in [2.45, 2.75) is 51.0 Å². The van der Waals surface area contributed by atoms with Gasteiger partial charge in [-0.05, 0) is 43.8 Å². The summed E-state index contributed by atoms with van der Waals surface area (Å²) < 4.78 is 17.3. The molecule has 0 aromatic rings. The van der Waals surface area contributed by atoms with Crippen molar-refractivity contribution in [1.29, 1.82) is 5.41 Å². The van der Waals surface area contributed by atoms with Crippen LogP contribution in [0.5, 0.6) is 0 Å². The highest BCUT2D eigenvalue weighted by Gasteiger charge is 2.13. The lowest BCUT2D eigenvalue weighted by atomic mass is 9.96. The van der Waals surface area contributed by atoms with Crippen LogP contribution >= 0.6 is 0 Å². The van der Waals surface area contributed by atoms with Gasteiger partial charge < -0.3 is 21.2 Å². The number of ether oxygens (including phenoxy) is 1. The normalized spacial score (nSPS) is 20.3. The summed E-state index contributed by atoms with van der Waals surface area (Å²) in [7, 11) is 1.68. The Hall–Kier alpha value is -2.12. The number of halogens is 1. The molecule has 1 unspecified atom stereocenters. The number of nitrogens with one attached hydrogen (secondary N) is 2. The van der Waals surface area contributed by atoms with Crippen LogP contribution < -0.4 is 11.1 Å². The molecule has 2 aliphatic carbocycles. The molecule has 0 saturated heterocycles. The summed E-state index contributed by atoms with van der Waals surface area (Å²) in [5.41, 5.74) is 5.83. The second-order valence-electron chi connectivity index (χ2n) is 6.80. The average Bonchev–Trinajstić information content (AvgIpc) is 2.73. The third-order valence-corrected chi connectivity index (χ3v) is 4.60. The first-order valence-corrected chi connectivity index (χ1v) is 9.86. The number of nitrogens with zero attached hydrogens (tertiary/aromatic N) is 2. The number of rotatable bonds is 8. The molecule has 1 fully saturated rings. The molecule has 0 amide bonds. The number of allylic oxidation sites excluding steroid dienone is 4. The lowest BCUT2D eigenvalue weighted by Crippen LogP contribution is -2.27. The van der Waals surface area contributed by atoms with E-state index in [1.165, 1.54) is 37.9 Å². The van der Waals surface area contributed by atoms with Gasteiger partial charge in [-0.2, -0.15) is 0 Å². The van der Waals surface area contributed by atoms with Crippen LogP contribution in [0.3, 0.4) is 0 Å². The van der Waals surface area contributed by atoms with Gasteiger partial charge in [-0.15, -0.1) is 0 Å². The molecule has 4 N–H and O–H groups in total. The van der Waals surface area contributed by atoms with Crippen LogP contribution in [-0.4, -0.2) is 44.8 Å². The lowest BCUT2D eigenvalue weighted by Gasteiger charge is -2.19. The van der Waals surface area contributed by atoms with Crippen LogP contribution in [0.15, 0.2) is 46.2 Å². The molecular weight excluding hydrogens is 357 g/mol. The van der Waals surface area contributed by atoms with E-state index in [0.29, 0.717) is 23.4 Å². The highest BCUT2D eigenvalue weighted by Crippen LogP contribution is 2.21. The first-order chi connectivity index (χ1) is 13.6. The van der Waals surface area contributed by atoms with Crippen molar-refractivity contribution < 1.29 is 9.13 Å². The number of amidine groups is 1. The predicted octanol–water partition coefficient (Wildman–Crippen LogP) is 3.91. The van der Waals surface area contributed by atoms with E-state index in [0.717, 1.165) is 32.3 Å². The SMILES string of the molecule is C=C(C=N)C(=NC1CCCCC1)N/C=N\CN.COCCC1C=CC(F)=CC1. The minimum absolute atomic E-state index is 0.112. The van der Waals surface area contributed by atoms with Crippen molar-refractivity contribution in [3.05, 3.63) is 36.2 Å². The first-order valence-electron chi connectivity index (χ1n) is 9.86. The largest absolute Gasteiger partial charge is 0.385 e. The van der Waals surface area contributed by atoms with E-state index >= 15 is 0 Å². The van der Waals surface area contributed by atoms with Crippen molar-refractivity contribution in [3.63, 3.8) is 0 Å². The van der Waals surface area contributed by atoms with E-state index in [1.54, 1.807) is 13.2 Å². The summed E-state index contributed by atoms with van der Waals surface area (Å²) in [6.45, 7) is 4.78. The van der Waals surface area contributed by atoms with Gasteiger partial charge in [-0.1, -0.05) is 31.9 Å². The average molecular weight is 392 g/mol. The number of nitrogens with two attached hydrogens (primary N) is 1. The molecule has 0 radical (unpaired) electrons. The second kappa shape index (κ2) is 14.9. The van der Waals surface area contributed by atoms with Crippen LogP contribution in [0.1, 0.15) is 44.9 Å². The summed E-state index contributed by atoms with van der Waals surface area (Å²) in [4.78, 5) is 8.47. The Bertz CT molecular complexity index is 592. The predicted molar refractivity (Wildman–Crippen MR) is 116 cm³/mol. The topological polar surface area (TPSA) is 95.9 Å². The standard InChI is InChI=1S/C12H21N5.C9H13FO/c1-10(7-13)12(16-9-15-8-14)17-11-5-3-2-4-6-11;1-11-7-6-8-2-4-9(10)5-3-8/h7,9,11,13H,1-6,8,14H2,(H,15,16,17);2,4-5,8H,3,6-7H2,1H3. The Morgan fingerprint density at radius 2 is 2.18 bits per heavy atom. The smallest absolute Gasteiger partial charge is 0.134 e. The van der Waals surface area contributed by atoms with E-state index in [2.05, 4.69) is 21.9 Å². The van der Waals surface area contributed by atoms with Crippen molar-refractivity contribution in [2.24, 2.45) is 21.6 Å². The minimum atomic E-state index is -0.112. The van der Waals surface area contributed by atoms with Crippen LogP contribution in [0, 0.1) is 11.3 Å². The van der Waals surface area contributed by atoms with Gasteiger partial charge in [0.25, 0.3) is 0 Å². The van der Waals surface area contributed by atoms with E-state index in [9.17, 15) is 4.39 Å². The van der Waals surface area contributed by atoms with Gasteiger partial charge in [0.05, 0.1) is 19.0 Å². The van der Waals surface area contributed by atoms with E-state index < -0.39 is 0 Å². The van der Waals surface area contributed by atoms with Crippen molar-refractivity contribution >= 4 is 18.4 Å². The van der Waals surface area contributed by atoms with Gasteiger partial charge in [0, 0.05) is 25.5 Å². The molecule has 0 aromatic carbocycles.